The van der Waals surface area contributed by atoms with Gasteiger partial charge in [0, 0.05) is 12.0 Å². The molecule has 1 saturated heterocycles. The van der Waals surface area contributed by atoms with E-state index in [1.54, 1.807) is 0 Å². The number of rotatable bonds is 2. The van der Waals surface area contributed by atoms with Gasteiger partial charge in [-0.05, 0) is 58.3 Å². The Morgan fingerprint density at radius 2 is 1.63 bits per heavy atom. The van der Waals surface area contributed by atoms with E-state index >= 15 is 0 Å². The maximum Gasteiger partial charge on any atom is 0.0677 e. The van der Waals surface area contributed by atoms with Gasteiger partial charge in [0.25, 0.3) is 0 Å². The van der Waals surface area contributed by atoms with Crippen LogP contribution in [0.4, 0.5) is 0 Å². The van der Waals surface area contributed by atoms with Gasteiger partial charge >= 0.3 is 0 Å². The van der Waals surface area contributed by atoms with Gasteiger partial charge in [-0.3, -0.25) is 0 Å². The SMILES string of the molecule is CC1(C)CC(C(N)C2CCCCC2(C)C)C(C)(C)O1. The van der Waals surface area contributed by atoms with Crippen molar-refractivity contribution in [1.29, 1.82) is 0 Å². The Morgan fingerprint density at radius 1 is 1.00 bits per heavy atom. The topological polar surface area (TPSA) is 35.2 Å². The predicted octanol–water partition coefficient (Wildman–Crippen LogP) is 4.12. The molecule has 2 rings (SSSR count). The molecule has 0 radical (unpaired) electrons. The van der Waals surface area contributed by atoms with Crippen molar-refractivity contribution in [3.8, 4) is 0 Å². The maximum atomic E-state index is 6.75. The molecule has 2 fully saturated rings. The first-order valence-corrected chi connectivity index (χ1v) is 8.01. The highest BCUT2D eigenvalue weighted by Crippen LogP contribution is 2.49. The molecule has 0 aromatic heterocycles. The van der Waals surface area contributed by atoms with E-state index in [0.29, 0.717) is 17.3 Å². The van der Waals surface area contributed by atoms with Gasteiger partial charge in [-0.1, -0.05) is 26.7 Å². The van der Waals surface area contributed by atoms with Crippen LogP contribution in [0.2, 0.25) is 0 Å². The molecule has 19 heavy (non-hydrogen) atoms. The van der Waals surface area contributed by atoms with Gasteiger partial charge in [0.15, 0.2) is 0 Å². The van der Waals surface area contributed by atoms with Gasteiger partial charge in [0.1, 0.15) is 0 Å². The third-order valence-electron chi connectivity index (χ3n) is 5.66. The fourth-order valence-electron chi connectivity index (χ4n) is 4.72. The van der Waals surface area contributed by atoms with Crippen molar-refractivity contribution in [1.82, 2.24) is 0 Å². The lowest BCUT2D eigenvalue weighted by Gasteiger charge is -2.45. The Balaban J connectivity index is 2.17. The van der Waals surface area contributed by atoms with Gasteiger partial charge < -0.3 is 10.5 Å². The van der Waals surface area contributed by atoms with Crippen LogP contribution in [0.1, 0.15) is 73.6 Å². The minimum Gasteiger partial charge on any atom is -0.369 e. The highest BCUT2D eigenvalue weighted by atomic mass is 16.5. The minimum atomic E-state index is -0.0869. The fourth-order valence-corrected chi connectivity index (χ4v) is 4.72. The first kappa shape index (κ1) is 15.3. The zero-order valence-electron chi connectivity index (χ0n) is 13.8. The molecule has 112 valence electrons. The molecule has 2 heteroatoms. The number of nitrogens with two attached hydrogens (primary N) is 1. The summed E-state index contributed by atoms with van der Waals surface area (Å²) in [5.74, 6) is 1.12. The summed E-state index contributed by atoms with van der Waals surface area (Å²) in [7, 11) is 0. The third kappa shape index (κ3) is 3.00. The van der Waals surface area contributed by atoms with Crippen LogP contribution in [0.3, 0.4) is 0 Å². The van der Waals surface area contributed by atoms with Crippen LogP contribution < -0.4 is 5.73 Å². The van der Waals surface area contributed by atoms with Crippen molar-refractivity contribution in [3.63, 3.8) is 0 Å². The highest BCUT2D eigenvalue weighted by Gasteiger charge is 2.51. The molecule has 0 aromatic rings. The van der Waals surface area contributed by atoms with Crippen molar-refractivity contribution in [2.75, 3.05) is 0 Å². The fraction of sp³-hybridized carbons (Fsp3) is 1.00. The molecular formula is C17H33NO. The van der Waals surface area contributed by atoms with Gasteiger partial charge in [0.2, 0.25) is 0 Å². The Kier molecular flexibility index (Phi) is 3.81. The van der Waals surface area contributed by atoms with E-state index in [-0.39, 0.29) is 17.2 Å². The predicted molar refractivity (Wildman–Crippen MR) is 81.1 cm³/mol. The lowest BCUT2D eigenvalue weighted by Crippen LogP contribution is -2.50. The average molecular weight is 267 g/mol. The Labute approximate surface area is 119 Å². The van der Waals surface area contributed by atoms with Crippen LogP contribution in [-0.2, 0) is 4.74 Å². The normalized spacial score (nSPS) is 38.1. The molecule has 1 aliphatic carbocycles. The van der Waals surface area contributed by atoms with Crippen LogP contribution in [0.5, 0.6) is 0 Å². The zero-order chi connectivity index (χ0) is 14.5. The Morgan fingerprint density at radius 3 is 2.11 bits per heavy atom. The molecule has 0 spiro atoms. The molecule has 2 aliphatic rings. The first-order chi connectivity index (χ1) is 8.55. The van der Waals surface area contributed by atoms with Crippen LogP contribution in [0, 0.1) is 17.3 Å². The highest BCUT2D eigenvalue weighted by molar-refractivity contribution is 5.03. The molecule has 2 N–H and O–H groups in total. The Hall–Kier alpha value is -0.0800. The smallest absolute Gasteiger partial charge is 0.0677 e. The second-order valence-electron chi connectivity index (χ2n) is 8.69. The summed E-state index contributed by atoms with van der Waals surface area (Å²) in [6.45, 7) is 13.7. The van der Waals surface area contributed by atoms with E-state index < -0.39 is 0 Å². The van der Waals surface area contributed by atoms with Crippen LogP contribution in [0.25, 0.3) is 0 Å². The van der Waals surface area contributed by atoms with Crippen LogP contribution in [0.15, 0.2) is 0 Å². The second-order valence-corrected chi connectivity index (χ2v) is 8.69. The zero-order valence-corrected chi connectivity index (χ0v) is 13.8. The molecule has 2 nitrogen and oxygen atoms in total. The van der Waals surface area contributed by atoms with Gasteiger partial charge in [-0.2, -0.15) is 0 Å². The second kappa shape index (κ2) is 4.73. The molecule has 0 aromatic carbocycles. The summed E-state index contributed by atoms with van der Waals surface area (Å²) in [4.78, 5) is 0. The summed E-state index contributed by atoms with van der Waals surface area (Å²) < 4.78 is 6.25. The molecule has 0 bridgehead atoms. The van der Waals surface area contributed by atoms with Crippen molar-refractivity contribution >= 4 is 0 Å². The molecule has 0 amide bonds. The monoisotopic (exact) mass is 267 g/mol. The van der Waals surface area contributed by atoms with Crippen molar-refractivity contribution < 1.29 is 4.74 Å². The van der Waals surface area contributed by atoms with Gasteiger partial charge in [-0.15, -0.1) is 0 Å². The van der Waals surface area contributed by atoms with Crippen molar-refractivity contribution in [2.45, 2.75) is 90.9 Å². The lowest BCUT2D eigenvalue weighted by atomic mass is 9.62. The van der Waals surface area contributed by atoms with Crippen LogP contribution >= 0.6 is 0 Å². The summed E-state index contributed by atoms with van der Waals surface area (Å²) >= 11 is 0. The third-order valence-corrected chi connectivity index (χ3v) is 5.66. The van der Waals surface area contributed by atoms with E-state index in [0.717, 1.165) is 6.42 Å². The summed E-state index contributed by atoms with van der Waals surface area (Å²) in [6, 6.07) is 0.270. The minimum absolute atomic E-state index is 0.0232. The molecular weight excluding hydrogens is 234 g/mol. The maximum absolute atomic E-state index is 6.75. The van der Waals surface area contributed by atoms with Gasteiger partial charge in [0.05, 0.1) is 11.2 Å². The summed E-state index contributed by atoms with van der Waals surface area (Å²) in [6.07, 6.45) is 6.42. The van der Waals surface area contributed by atoms with E-state index in [1.807, 2.05) is 0 Å². The van der Waals surface area contributed by atoms with Crippen LogP contribution in [-0.4, -0.2) is 17.2 Å². The summed E-state index contributed by atoms with van der Waals surface area (Å²) in [5, 5.41) is 0. The summed E-state index contributed by atoms with van der Waals surface area (Å²) in [5.41, 5.74) is 7.03. The number of hydrogen-bond donors (Lipinski definition) is 1. The first-order valence-electron chi connectivity index (χ1n) is 8.01. The lowest BCUT2D eigenvalue weighted by molar-refractivity contribution is -0.0811. The molecule has 1 saturated carbocycles. The van der Waals surface area contributed by atoms with E-state index in [1.165, 1.54) is 25.7 Å². The number of hydrogen-bond acceptors (Lipinski definition) is 2. The van der Waals surface area contributed by atoms with E-state index in [9.17, 15) is 0 Å². The molecule has 3 unspecified atom stereocenters. The largest absolute Gasteiger partial charge is 0.369 e. The van der Waals surface area contributed by atoms with Crippen molar-refractivity contribution in [3.05, 3.63) is 0 Å². The Bertz CT molecular complexity index is 332. The molecule has 1 aliphatic heterocycles. The van der Waals surface area contributed by atoms with Gasteiger partial charge in [-0.25, -0.2) is 0 Å². The standard InChI is InChI=1S/C17H33NO/c1-15(2)10-8-7-9-12(15)14(18)13-11-16(3,4)19-17(13,5)6/h12-14H,7-11,18H2,1-6H3. The molecule has 1 heterocycles. The quantitative estimate of drug-likeness (QED) is 0.816. The van der Waals surface area contributed by atoms with E-state index in [2.05, 4.69) is 41.5 Å². The molecule has 3 atom stereocenters. The van der Waals surface area contributed by atoms with Crippen molar-refractivity contribution in [2.24, 2.45) is 23.0 Å². The van der Waals surface area contributed by atoms with E-state index in [4.69, 9.17) is 10.5 Å². The number of ether oxygens (including phenoxy) is 1. The average Bonchev–Trinajstić information content (AvgIpc) is 2.45.